The van der Waals surface area contributed by atoms with Crippen LogP contribution in [0.15, 0.2) is 4.36 Å². The Morgan fingerprint density at radius 1 is 1.67 bits per heavy atom. The molecule has 1 unspecified atom stereocenters. The average Bonchev–Trinajstić information content (AvgIpc) is 2.32. The highest BCUT2D eigenvalue weighted by Crippen LogP contribution is 2.28. The molecule has 0 bridgehead atoms. The van der Waals surface area contributed by atoms with Crippen LogP contribution in [0.4, 0.5) is 0 Å². The molecule has 4 heteroatoms. The Kier molecular flexibility index (Phi) is 2.73. The molecule has 12 heavy (non-hydrogen) atoms. The maximum atomic E-state index is 12.0. The van der Waals surface area contributed by atoms with E-state index in [9.17, 15) is 4.21 Å². The molecule has 1 heterocycles. The van der Waals surface area contributed by atoms with Gasteiger partial charge in [-0.15, -0.1) is 4.36 Å². The number of rotatable bonds is 1. The first-order chi connectivity index (χ1) is 5.60. The van der Waals surface area contributed by atoms with Crippen LogP contribution in [-0.2, 0) is 9.73 Å². The van der Waals surface area contributed by atoms with Gasteiger partial charge in [-0.2, -0.15) is 5.26 Å². The molecule has 68 valence electrons. The zero-order valence-electron chi connectivity index (χ0n) is 7.49. The second-order valence-corrected chi connectivity index (χ2v) is 6.09. The van der Waals surface area contributed by atoms with Crippen molar-refractivity contribution in [2.24, 2.45) is 10.3 Å². The van der Waals surface area contributed by atoms with Gasteiger partial charge in [0.2, 0.25) is 6.19 Å². The van der Waals surface area contributed by atoms with E-state index in [2.05, 4.69) is 4.36 Å². The predicted octanol–water partition coefficient (Wildman–Crippen LogP) is 1.75. The van der Waals surface area contributed by atoms with E-state index in [1.54, 1.807) is 6.19 Å². The highest BCUT2D eigenvalue weighted by atomic mass is 32.2. The molecule has 0 aromatic heterocycles. The molecular weight excluding hydrogens is 172 g/mol. The summed E-state index contributed by atoms with van der Waals surface area (Å²) in [4.78, 5) is 0. The summed E-state index contributed by atoms with van der Waals surface area (Å²) in [5.41, 5.74) is 0. The van der Waals surface area contributed by atoms with Gasteiger partial charge >= 0.3 is 0 Å². The maximum absolute atomic E-state index is 12.0. The Morgan fingerprint density at radius 3 is 2.83 bits per heavy atom. The molecule has 0 saturated carbocycles. The first-order valence-electron chi connectivity index (χ1n) is 4.22. The summed E-state index contributed by atoms with van der Waals surface area (Å²) >= 11 is 0. The molecule has 3 nitrogen and oxygen atoms in total. The fourth-order valence-corrected chi connectivity index (χ4v) is 4.40. The third-order valence-electron chi connectivity index (χ3n) is 2.34. The first kappa shape index (κ1) is 9.53. The van der Waals surface area contributed by atoms with Crippen molar-refractivity contribution in [2.45, 2.75) is 31.9 Å². The monoisotopic (exact) mass is 186 g/mol. The lowest BCUT2D eigenvalue weighted by atomic mass is 10.1. The van der Waals surface area contributed by atoms with E-state index in [4.69, 9.17) is 5.26 Å². The van der Waals surface area contributed by atoms with Gasteiger partial charge < -0.3 is 0 Å². The van der Waals surface area contributed by atoms with E-state index in [1.165, 1.54) is 0 Å². The van der Waals surface area contributed by atoms with Crippen LogP contribution >= 0.6 is 0 Å². The van der Waals surface area contributed by atoms with Gasteiger partial charge in [-0.05, 0) is 18.8 Å². The lowest BCUT2D eigenvalue weighted by molar-refractivity contribution is 0.569. The zero-order valence-corrected chi connectivity index (χ0v) is 8.30. The Hall–Kier alpha value is -0.560. The van der Waals surface area contributed by atoms with Crippen LogP contribution in [0.1, 0.15) is 26.7 Å². The first-order valence-corrected chi connectivity index (χ1v) is 5.96. The van der Waals surface area contributed by atoms with Crippen molar-refractivity contribution in [1.29, 1.82) is 5.26 Å². The van der Waals surface area contributed by atoms with Crippen LogP contribution in [-0.4, -0.2) is 15.2 Å². The standard InChI is InChI=1S/C8H14N2OS/c1-7(2)8-4-3-5-12(8,11)10-6-9/h7-8H,3-5H2,1-2H3/t8-,12?/m1/s1. The topological polar surface area (TPSA) is 53.2 Å². The molecule has 0 amide bonds. The Labute approximate surface area is 74.0 Å². The number of hydrogen-bond donors (Lipinski definition) is 0. The minimum atomic E-state index is -2.18. The van der Waals surface area contributed by atoms with E-state index >= 15 is 0 Å². The SMILES string of the molecule is CC(C)[C@H]1CCCS1(=O)=NC#N. The fraction of sp³-hybridized carbons (Fsp3) is 0.875. The summed E-state index contributed by atoms with van der Waals surface area (Å²) in [5.74, 6) is 0.987. The van der Waals surface area contributed by atoms with E-state index in [-0.39, 0.29) is 5.25 Å². The van der Waals surface area contributed by atoms with Gasteiger partial charge in [-0.3, -0.25) is 0 Å². The van der Waals surface area contributed by atoms with Crippen molar-refractivity contribution < 1.29 is 4.21 Å². The highest BCUT2D eigenvalue weighted by molar-refractivity contribution is 7.94. The van der Waals surface area contributed by atoms with Gasteiger partial charge in [-0.1, -0.05) is 13.8 Å². The summed E-state index contributed by atoms with van der Waals surface area (Å²) in [6.45, 7) is 4.09. The Morgan fingerprint density at radius 2 is 2.33 bits per heavy atom. The molecule has 0 aromatic carbocycles. The molecule has 0 spiro atoms. The summed E-state index contributed by atoms with van der Waals surface area (Å²) < 4.78 is 15.6. The van der Waals surface area contributed by atoms with Gasteiger partial charge in [-0.25, -0.2) is 4.21 Å². The number of hydrogen-bond acceptors (Lipinski definition) is 3. The predicted molar refractivity (Wildman–Crippen MR) is 48.9 cm³/mol. The smallest absolute Gasteiger partial charge is 0.214 e. The summed E-state index contributed by atoms with van der Waals surface area (Å²) in [7, 11) is -2.18. The zero-order chi connectivity index (χ0) is 9.19. The third-order valence-corrected chi connectivity index (χ3v) is 5.33. The molecule has 1 aliphatic rings. The van der Waals surface area contributed by atoms with Crippen LogP contribution in [0.25, 0.3) is 0 Å². The number of nitrogens with zero attached hydrogens (tertiary/aromatic N) is 2. The average molecular weight is 186 g/mol. The molecule has 0 N–H and O–H groups in total. The molecule has 1 saturated heterocycles. The Bertz CT molecular complexity index is 308. The number of nitriles is 1. The van der Waals surface area contributed by atoms with E-state index in [1.807, 2.05) is 13.8 Å². The highest BCUT2D eigenvalue weighted by Gasteiger charge is 2.31. The molecule has 0 radical (unpaired) electrons. The molecule has 0 aromatic rings. The summed E-state index contributed by atoms with van der Waals surface area (Å²) in [6.07, 6.45) is 3.60. The summed E-state index contributed by atoms with van der Waals surface area (Å²) in [6, 6.07) is 0. The molecular formula is C8H14N2OS. The van der Waals surface area contributed by atoms with Crippen molar-refractivity contribution in [1.82, 2.24) is 0 Å². The lowest BCUT2D eigenvalue weighted by Gasteiger charge is -2.15. The molecule has 0 aliphatic carbocycles. The van der Waals surface area contributed by atoms with Gasteiger partial charge in [0.15, 0.2) is 0 Å². The second-order valence-electron chi connectivity index (χ2n) is 3.51. The van der Waals surface area contributed by atoms with Crippen LogP contribution in [0.3, 0.4) is 0 Å². The van der Waals surface area contributed by atoms with Crippen molar-refractivity contribution in [3.05, 3.63) is 0 Å². The Balaban J connectivity index is 3.00. The molecule has 1 aliphatic heterocycles. The van der Waals surface area contributed by atoms with E-state index in [0.717, 1.165) is 12.8 Å². The summed E-state index contributed by atoms with van der Waals surface area (Å²) in [5, 5.41) is 8.53. The molecule has 1 rings (SSSR count). The minimum Gasteiger partial charge on any atom is -0.248 e. The van der Waals surface area contributed by atoms with Gasteiger partial charge in [0.05, 0.1) is 9.73 Å². The van der Waals surface area contributed by atoms with Gasteiger partial charge in [0.25, 0.3) is 0 Å². The quantitative estimate of drug-likeness (QED) is 0.586. The van der Waals surface area contributed by atoms with E-state index in [0.29, 0.717) is 11.7 Å². The van der Waals surface area contributed by atoms with Crippen molar-refractivity contribution in [2.75, 3.05) is 5.75 Å². The molecule has 1 fully saturated rings. The van der Waals surface area contributed by atoms with Crippen molar-refractivity contribution in [3.8, 4) is 6.19 Å². The normalized spacial score (nSPS) is 35.0. The maximum Gasteiger partial charge on any atom is 0.214 e. The minimum absolute atomic E-state index is 0.136. The van der Waals surface area contributed by atoms with Crippen molar-refractivity contribution >= 4 is 9.73 Å². The molecule has 2 atom stereocenters. The van der Waals surface area contributed by atoms with Crippen LogP contribution in [0, 0.1) is 17.4 Å². The fourth-order valence-electron chi connectivity index (χ4n) is 1.77. The van der Waals surface area contributed by atoms with Crippen LogP contribution in [0.5, 0.6) is 0 Å². The van der Waals surface area contributed by atoms with Crippen LogP contribution < -0.4 is 0 Å². The largest absolute Gasteiger partial charge is 0.248 e. The van der Waals surface area contributed by atoms with Crippen molar-refractivity contribution in [3.63, 3.8) is 0 Å². The second kappa shape index (κ2) is 3.44. The third kappa shape index (κ3) is 1.61. The van der Waals surface area contributed by atoms with Gasteiger partial charge in [0, 0.05) is 11.0 Å². The van der Waals surface area contributed by atoms with E-state index < -0.39 is 9.73 Å². The lowest BCUT2D eigenvalue weighted by Crippen LogP contribution is -2.21. The van der Waals surface area contributed by atoms with Gasteiger partial charge in [0.1, 0.15) is 0 Å². The van der Waals surface area contributed by atoms with Crippen LogP contribution in [0.2, 0.25) is 0 Å².